The molecule has 0 spiro atoms. The molecule has 2 N–H and O–H groups in total. The van der Waals surface area contributed by atoms with Crippen molar-refractivity contribution >= 4 is 6.21 Å². The topological polar surface area (TPSA) is 65.5 Å². The monoisotopic (exact) mass is 260 g/mol. The normalized spacial score (nSPS) is 11.1. The highest BCUT2D eigenvalue weighted by atomic mass is 19.1. The van der Waals surface area contributed by atoms with Gasteiger partial charge in [0, 0.05) is 11.9 Å². The highest BCUT2D eigenvalue weighted by molar-refractivity contribution is 5.82. The van der Waals surface area contributed by atoms with Crippen molar-refractivity contribution in [1.29, 1.82) is 0 Å². The molecule has 2 aromatic rings. The van der Waals surface area contributed by atoms with Crippen molar-refractivity contribution in [3.05, 3.63) is 63.3 Å². The number of aromatic hydroxyl groups is 1. The number of nitrogens with zero attached hydrogens (tertiary/aromatic N) is 1. The Morgan fingerprint density at radius 1 is 1.37 bits per heavy atom. The van der Waals surface area contributed by atoms with E-state index < -0.39 is 0 Å². The summed E-state index contributed by atoms with van der Waals surface area (Å²) in [5.41, 5.74) is 1.13. The molecule has 0 aliphatic rings. The summed E-state index contributed by atoms with van der Waals surface area (Å²) < 4.78 is 12.7. The summed E-state index contributed by atoms with van der Waals surface area (Å²) in [6.07, 6.45) is 1.32. The van der Waals surface area contributed by atoms with Gasteiger partial charge >= 0.3 is 0 Å². The summed E-state index contributed by atoms with van der Waals surface area (Å²) in [6, 6.07) is 7.39. The molecule has 1 aromatic carbocycles. The zero-order chi connectivity index (χ0) is 13.8. The van der Waals surface area contributed by atoms with Crippen molar-refractivity contribution < 1.29 is 9.50 Å². The Hall–Kier alpha value is -2.43. The molecule has 98 valence electrons. The van der Waals surface area contributed by atoms with E-state index in [1.54, 1.807) is 19.1 Å². The van der Waals surface area contributed by atoms with Gasteiger partial charge in [0.2, 0.25) is 0 Å². The second-order valence-electron chi connectivity index (χ2n) is 4.18. The van der Waals surface area contributed by atoms with Gasteiger partial charge in [-0.1, -0.05) is 12.1 Å². The van der Waals surface area contributed by atoms with Crippen LogP contribution in [-0.2, 0) is 6.54 Å². The third-order valence-electron chi connectivity index (χ3n) is 2.59. The Balaban J connectivity index is 2.15. The van der Waals surface area contributed by atoms with Crippen molar-refractivity contribution in [3.8, 4) is 5.75 Å². The lowest BCUT2D eigenvalue weighted by atomic mass is 10.2. The van der Waals surface area contributed by atoms with Crippen LogP contribution >= 0.6 is 0 Å². The number of benzene rings is 1. The Kier molecular flexibility index (Phi) is 3.75. The van der Waals surface area contributed by atoms with Gasteiger partial charge in [0.25, 0.3) is 5.56 Å². The molecule has 0 radical (unpaired) electrons. The summed E-state index contributed by atoms with van der Waals surface area (Å²) in [5, 5.41) is 9.64. The van der Waals surface area contributed by atoms with E-state index in [-0.39, 0.29) is 22.7 Å². The molecule has 0 bridgehead atoms. The molecular formula is C14H13FN2O2. The van der Waals surface area contributed by atoms with Crippen LogP contribution in [-0.4, -0.2) is 16.3 Å². The molecule has 0 amide bonds. The second-order valence-corrected chi connectivity index (χ2v) is 4.18. The Morgan fingerprint density at radius 2 is 2.05 bits per heavy atom. The number of hydrogen-bond acceptors (Lipinski definition) is 3. The molecule has 1 aromatic heterocycles. The van der Waals surface area contributed by atoms with Gasteiger partial charge in [-0.2, -0.15) is 0 Å². The maximum Gasteiger partial charge on any atom is 0.260 e. The Morgan fingerprint density at radius 3 is 2.68 bits per heavy atom. The average Bonchev–Trinajstić information content (AvgIpc) is 2.34. The molecule has 0 fully saturated rings. The van der Waals surface area contributed by atoms with Gasteiger partial charge in [-0.25, -0.2) is 4.39 Å². The molecule has 2 rings (SSSR count). The number of pyridine rings is 1. The fourth-order valence-corrected chi connectivity index (χ4v) is 1.64. The Labute approximate surface area is 109 Å². The molecule has 4 nitrogen and oxygen atoms in total. The summed E-state index contributed by atoms with van der Waals surface area (Å²) in [4.78, 5) is 18.2. The lowest BCUT2D eigenvalue weighted by Crippen LogP contribution is -2.13. The second kappa shape index (κ2) is 5.48. The van der Waals surface area contributed by atoms with Crippen LogP contribution in [0.3, 0.4) is 0 Å². The number of H-pyrrole nitrogens is 1. The molecule has 0 aliphatic heterocycles. The molecule has 0 saturated heterocycles. The van der Waals surface area contributed by atoms with Crippen LogP contribution in [0.4, 0.5) is 4.39 Å². The van der Waals surface area contributed by atoms with Crippen LogP contribution < -0.4 is 5.56 Å². The third kappa shape index (κ3) is 3.28. The molecule has 0 unspecified atom stereocenters. The van der Waals surface area contributed by atoms with E-state index in [0.717, 1.165) is 5.56 Å². The van der Waals surface area contributed by atoms with Gasteiger partial charge in [0.1, 0.15) is 11.6 Å². The van der Waals surface area contributed by atoms with Gasteiger partial charge in [-0.05, 0) is 30.7 Å². The number of aromatic nitrogens is 1. The van der Waals surface area contributed by atoms with E-state index in [1.165, 1.54) is 24.4 Å². The van der Waals surface area contributed by atoms with E-state index in [1.807, 2.05) is 0 Å². The zero-order valence-electron chi connectivity index (χ0n) is 10.4. The lowest BCUT2D eigenvalue weighted by molar-refractivity contribution is 0.472. The molecule has 0 aliphatic carbocycles. The first-order valence-electron chi connectivity index (χ1n) is 5.73. The van der Waals surface area contributed by atoms with Crippen molar-refractivity contribution in [2.45, 2.75) is 13.5 Å². The predicted octanol–water partition coefficient (Wildman–Crippen LogP) is 2.15. The SMILES string of the molecule is Cc1cc(O)c(C=NCc2ccc(F)cc2)c(=O)[nH]1. The van der Waals surface area contributed by atoms with E-state index in [9.17, 15) is 14.3 Å². The molecule has 0 atom stereocenters. The highest BCUT2D eigenvalue weighted by Gasteiger charge is 2.04. The minimum atomic E-state index is -0.389. The van der Waals surface area contributed by atoms with E-state index in [4.69, 9.17) is 0 Å². The third-order valence-corrected chi connectivity index (χ3v) is 2.59. The van der Waals surface area contributed by atoms with Crippen LogP contribution in [0.2, 0.25) is 0 Å². The number of aliphatic imine (C=N–C) groups is 1. The average molecular weight is 260 g/mol. The van der Waals surface area contributed by atoms with Crippen molar-refractivity contribution in [1.82, 2.24) is 4.98 Å². The van der Waals surface area contributed by atoms with E-state index in [0.29, 0.717) is 12.2 Å². The van der Waals surface area contributed by atoms with Crippen LogP contribution in [0.25, 0.3) is 0 Å². The van der Waals surface area contributed by atoms with E-state index in [2.05, 4.69) is 9.98 Å². The van der Waals surface area contributed by atoms with Crippen LogP contribution in [0, 0.1) is 12.7 Å². The largest absolute Gasteiger partial charge is 0.507 e. The minimum Gasteiger partial charge on any atom is -0.507 e. The van der Waals surface area contributed by atoms with Crippen LogP contribution in [0.1, 0.15) is 16.8 Å². The highest BCUT2D eigenvalue weighted by Crippen LogP contribution is 2.11. The van der Waals surface area contributed by atoms with Crippen molar-refractivity contribution in [3.63, 3.8) is 0 Å². The summed E-state index contributed by atoms with van der Waals surface area (Å²) in [7, 11) is 0. The first kappa shape index (κ1) is 13.0. The molecule has 19 heavy (non-hydrogen) atoms. The summed E-state index contributed by atoms with van der Waals surface area (Å²) in [6.45, 7) is 1.99. The smallest absolute Gasteiger partial charge is 0.260 e. The fraction of sp³-hybridized carbons (Fsp3) is 0.143. The van der Waals surface area contributed by atoms with Gasteiger partial charge in [-0.15, -0.1) is 0 Å². The number of hydrogen-bond donors (Lipinski definition) is 2. The van der Waals surface area contributed by atoms with Crippen LogP contribution in [0.5, 0.6) is 5.75 Å². The minimum absolute atomic E-state index is 0.107. The van der Waals surface area contributed by atoms with Crippen molar-refractivity contribution in [2.24, 2.45) is 4.99 Å². The summed E-state index contributed by atoms with van der Waals surface area (Å²) in [5.74, 6) is -0.413. The maximum atomic E-state index is 12.7. The molecular weight excluding hydrogens is 247 g/mol. The summed E-state index contributed by atoms with van der Waals surface area (Å²) >= 11 is 0. The van der Waals surface area contributed by atoms with Crippen molar-refractivity contribution in [2.75, 3.05) is 0 Å². The molecule has 0 saturated carbocycles. The number of aryl methyl sites for hydroxylation is 1. The van der Waals surface area contributed by atoms with E-state index >= 15 is 0 Å². The van der Waals surface area contributed by atoms with Crippen LogP contribution in [0.15, 0.2) is 40.1 Å². The Bertz CT molecular complexity index is 660. The number of halogens is 1. The van der Waals surface area contributed by atoms with Gasteiger partial charge in [0.05, 0.1) is 12.1 Å². The zero-order valence-corrected chi connectivity index (χ0v) is 10.4. The number of aromatic amines is 1. The van der Waals surface area contributed by atoms with Gasteiger partial charge in [0.15, 0.2) is 0 Å². The van der Waals surface area contributed by atoms with Gasteiger partial charge in [-0.3, -0.25) is 9.79 Å². The lowest BCUT2D eigenvalue weighted by Gasteiger charge is -2.00. The molecule has 1 heterocycles. The fourth-order valence-electron chi connectivity index (χ4n) is 1.64. The molecule has 5 heteroatoms. The first-order chi connectivity index (χ1) is 9.06. The van der Waals surface area contributed by atoms with Gasteiger partial charge < -0.3 is 10.1 Å². The quantitative estimate of drug-likeness (QED) is 0.830. The maximum absolute atomic E-state index is 12.7. The first-order valence-corrected chi connectivity index (χ1v) is 5.73. The standard InChI is InChI=1S/C14H13FN2O2/c1-9-6-13(18)12(14(19)17-9)8-16-7-10-2-4-11(15)5-3-10/h2-6,8H,7H2,1H3,(H2,17,18,19). The predicted molar refractivity (Wildman–Crippen MR) is 71.2 cm³/mol. The number of rotatable bonds is 3. The number of nitrogens with one attached hydrogen (secondary N) is 1.